The molecule has 5 nitrogen and oxygen atoms in total. The molecule has 3 N–H and O–H groups in total. The van der Waals surface area contributed by atoms with E-state index in [9.17, 15) is 9.18 Å². The molecule has 0 unspecified atom stereocenters. The second kappa shape index (κ2) is 9.17. The molecule has 0 fully saturated rings. The lowest BCUT2D eigenvalue weighted by molar-refractivity contribution is 0.102. The third-order valence-corrected chi connectivity index (χ3v) is 4.21. The fraction of sp³-hybridized carbons (Fsp3) is 0.400. The third-order valence-electron chi connectivity index (χ3n) is 4.21. The van der Waals surface area contributed by atoms with E-state index >= 15 is 0 Å². The minimum absolute atomic E-state index is 0.0543. The van der Waals surface area contributed by atoms with Crippen molar-refractivity contribution in [3.05, 3.63) is 46.9 Å². The number of amides is 1. The average Bonchev–Trinajstić information content (AvgIpc) is 2.60. The maximum Gasteiger partial charge on any atom is 0.259 e. The van der Waals surface area contributed by atoms with Crippen molar-refractivity contribution >= 4 is 17.4 Å². The number of carbonyl (C=O) groups excluding carboxylic acids is 1. The van der Waals surface area contributed by atoms with E-state index in [1.54, 1.807) is 18.2 Å². The van der Waals surface area contributed by atoms with Crippen LogP contribution >= 0.6 is 0 Å². The lowest BCUT2D eigenvalue weighted by atomic mass is 10.1. The number of rotatable bonds is 8. The first-order chi connectivity index (χ1) is 12.4. The zero-order valence-corrected chi connectivity index (χ0v) is 15.6. The maximum absolute atomic E-state index is 14.6. The van der Waals surface area contributed by atoms with E-state index in [0.29, 0.717) is 6.61 Å². The molecular formula is C20H26FN3O2. The zero-order valence-electron chi connectivity index (χ0n) is 15.6. The molecule has 0 aliphatic heterocycles. The number of benzene rings is 1. The quantitative estimate of drug-likeness (QED) is 0.674. The Bertz CT molecular complexity index is 778. The second-order valence-electron chi connectivity index (χ2n) is 6.30. The van der Waals surface area contributed by atoms with Crippen molar-refractivity contribution < 1.29 is 13.9 Å². The van der Waals surface area contributed by atoms with Gasteiger partial charge in [0.25, 0.3) is 5.91 Å². The van der Waals surface area contributed by atoms with Gasteiger partial charge in [-0.15, -0.1) is 0 Å². The van der Waals surface area contributed by atoms with Crippen LogP contribution in [0.25, 0.3) is 0 Å². The number of anilines is 2. The highest BCUT2D eigenvalue weighted by molar-refractivity contribution is 6.07. The smallest absolute Gasteiger partial charge is 0.259 e. The summed E-state index contributed by atoms with van der Waals surface area (Å²) in [7, 11) is 0. The standard InChI is InChI=1S/C20H26FN3O2/c1-4-5-6-7-11-26-17-10-8-9-16(18(17)21)24-20(25)15-12-13(2)14(3)23-19(15)22/h8-10,12H,4-7,11H2,1-3H3,(H2,22,23)(H,24,25). The number of carbonyl (C=O) groups is 1. The van der Waals surface area contributed by atoms with Crippen LogP contribution in [0.3, 0.4) is 0 Å². The van der Waals surface area contributed by atoms with Gasteiger partial charge in [0, 0.05) is 5.69 Å². The Morgan fingerprint density at radius 3 is 2.77 bits per heavy atom. The number of nitrogens with one attached hydrogen (secondary N) is 1. The number of aryl methyl sites for hydroxylation is 2. The van der Waals surface area contributed by atoms with Gasteiger partial charge in [-0.05, 0) is 44.0 Å². The second-order valence-corrected chi connectivity index (χ2v) is 6.30. The molecule has 0 aliphatic rings. The summed E-state index contributed by atoms with van der Waals surface area (Å²) in [6, 6.07) is 6.33. The molecule has 1 amide bonds. The SMILES string of the molecule is CCCCCCOc1cccc(NC(=O)c2cc(C)c(C)nc2N)c1F. The summed E-state index contributed by atoms with van der Waals surface area (Å²) in [4.78, 5) is 16.6. The first kappa shape index (κ1) is 19.7. The molecule has 1 aromatic carbocycles. The Morgan fingerprint density at radius 1 is 1.27 bits per heavy atom. The van der Waals surface area contributed by atoms with Gasteiger partial charge in [0.1, 0.15) is 5.82 Å². The van der Waals surface area contributed by atoms with E-state index in [0.717, 1.165) is 36.9 Å². The Balaban J connectivity index is 2.08. The fourth-order valence-electron chi connectivity index (χ4n) is 2.53. The largest absolute Gasteiger partial charge is 0.490 e. The van der Waals surface area contributed by atoms with E-state index in [4.69, 9.17) is 10.5 Å². The van der Waals surface area contributed by atoms with Crippen molar-refractivity contribution in [2.45, 2.75) is 46.5 Å². The highest BCUT2D eigenvalue weighted by Gasteiger charge is 2.16. The Labute approximate surface area is 153 Å². The molecule has 0 aliphatic carbocycles. The summed E-state index contributed by atoms with van der Waals surface area (Å²) < 4.78 is 20.1. The fourth-order valence-corrected chi connectivity index (χ4v) is 2.53. The van der Waals surface area contributed by atoms with Gasteiger partial charge >= 0.3 is 0 Å². The average molecular weight is 359 g/mol. The van der Waals surface area contributed by atoms with E-state index < -0.39 is 11.7 Å². The van der Waals surface area contributed by atoms with Gasteiger partial charge in [-0.2, -0.15) is 0 Å². The number of hydrogen-bond acceptors (Lipinski definition) is 4. The van der Waals surface area contributed by atoms with E-state index in [1.807, 2.05) is 13.8 Å². The number of aromatic nitrogens is 1. The molecule has 1 aromatic heterocycles. The number of nitrogens with two attached hydrogens (primary N) is 1. The highest BCUT2D eigenvalue weighted by atomic mass is 19.1. The molecule has 0 spiro atoms. The van der Waals surface area contributed by atoms with Crippen LogP contribution in [0.15, 0.2) is 24.3 Å². The van der Waals surface area contributed by atoms with E-state index in [-0.39, 0.29) is 22.8 Å². The van der Waals surface area contributed by atoms with Crippen LogP contribution in [0.5, 0.6) is 5.75 Å². The Kier molecular flexibility index (Phi) is 6.95. The predicted molar refractivity (Wildman–Crippen MR) is 102 cm³/mol. The molecule has 26 heavy (non-hydrogen) atoms. The summed E-state index contributed by atoms with van der Waals surface area (Å²) in [5, 5.41) is 2.55. The Morgan fingerprint density at radius 2 is 2.04 bits per heavy atom. The van der Waals surface area contributed by atoms with Gasteiger partial charge in [0.15, 0.2) is 11.6 Å². The van der Waals surface area contributed by atoms with Crippen molar-refractivity contribution in [2.75, 3.05) is 17.7 Å². The summed E-state index contributed by atoms with van der Waals surface area (Å²) in [5.41, 5.74) is 7.70. The van der Waals surface area contributed by atoms with Crippen molar-refractivity contribution in [3.63, 3.8) is 0 Å². The molecule has 6 heteroatoms. The number of hydrogen-bond donors (Lipinski definition) is 2. The van der Waals surface area contributed by atoms with Gasteiger partial charge < -0.3 is 15.8 Å². The summed E-state index contributed by atoms with van der Waals surface area (Å²) in [6.07, 6.45) is 4.18. The molecule has 0 saturated carbocycles. The number of ether oxygens (including phenoxy) is 1. The normalized spacial score (nSPS) is 10.6. The van der Waals surface area contributed by atoms with Crippen molar-refractivity contribution in [1.29, 1.82) is 0 Å². The van der Waals surface area contributed by atoms with Gasteiger partial charge in [0.2, 0.25) is 0 Å². The van der Waals surface area contributed by atoms with Crippen LogP contribution < -0.4 is 15.8 Å². The molecule has 1 heterocycles. The number of halogens is 1. The lowest BCUT2D eigenvalue weighted by Crippen LogP contribution is -2.17. The zero-order chi connectivity index (χ0) is 19.1. The number of unbranched alkanes of at least 4 members (excludes halogenated alkanes) is 3. The van der Waals surface area contributed by atoms with Crippen LogP contribution in [-0.2, 0) is 0 Å². The van der Waals surface area contributed by atoms with Crippen LogP contribution in [-0.4, -0.2) is 17.5 Å². The molecule has 2 rings (SSSR count). The highest BCUT2D eigenvalue weighted by Crippen LogP contribution is 2.26. The van der Waals surface area contributed by atoms with Crippen molar-refractivity contribution in [2.24, 2.45) is 0 Å². The summed E-state index contributed by atoms with van der Waals surface area (Å²) >= 11 is 0. The first-order valence-corrected chi connectivity index (χ1v) is 8.90. The van der Waals surface area contributed by atoms with Gasteiger partial charge in [-0.1, -0.05) is 32.3 Å². The van der Waals surface area contributed by atoms with Crippen molar-refractivity contribution in [3.8, 4) is 5.75 Å². The number of pyridine rings is 1. The van der Waals surface area contributed by atoms with Crippen LogP contribution in [0.4, 0.5) is 15.9 Å². The minimum Gasteiger partial charge on any atom is -0.490 e. The van der Waals surface area contributed by atoms with Crippen LogP contribution in [0, 0.1) is 19.7 Å². The molecule has 140 valence electrons. The molecular weight excluding hydrogens is 333 g/mol. The Hall–Kier alpha value is -2.63. The topological polar surface area (TPSA) is 77.2 Å². The molecule has 0 atom stereocenters. The van der Waals surface area contributed by atoms with Crippen LogP contribution in [0.1, 0.15) is 54.2 Å². The molecule has 0 bridgehead atoms. The van der Waals surface area contributed by atoms with E-state index in [1.165, 1.54) is 6.07 Å². The molecule has 2 aromatic rings. The number of nitrogens with zero attached hydrogens (tertiary/aromatic N) is 1. The van der Waals surface area contributed by atoms with Crippen LogP contribution in [0.2, 0.25) is 0 Å². The lowest BCUT2D eigenvalue weighted by Gasteiger charge is -2.12. The van der Waals surface area contributed by atoms with Gasteiger partial charge in [0.05, 0.1) is 17.9 Å². The van der Waals surface area contributed by atoms with Gasteiger partial charge in [-0.25, -0.2) is 9.37 Å². The predicted octanol–water partition coefficient (Wildman–Crippen LogP) is 4.63. The van der Waals surface area contributed by atoms with Crippen molar-refractivity contribution in [1.82, 2.24) is 4.98 Å². The maximum atomic E-state index is 14.6. The van der Waals surface area contributed by atoms with Gasteiger partial charge in [-0.3, -0.25) is 4.79 Å². The van der Waals surface area contributed by atoms with E-state index in [2.05, 4.69) is 17.2 Å². The number of nitrogen functional groups attached to an aromatic ring is 1. The molecule has 0 saturated heterocycles. The molecule has 0 radical (unpaired) electrons. The monoisotopic (exact) mass is 359 g/mol. The third kappa shape index (κ3) is 4.94. The summed E-state index contributed by atoms with van der Waals surface area (Å²) in [5.74, 6) is -0.844. The summed E-state index contributed by atoms with van der Waals surface area (Å²) in [6.45, 7) is 6.23. The first-order valence-electron chi connectivity index (χ1n) is 8.90. The minimum atomic E-state index is -0.591.